The second-order valence-electron chi connectivity index (χ2n) is 4.21. The molecule has 0 aliphatic carbocycles. The minimum atomic E-state index is 0.833. The molecule has 1 N–H and O–H groups in total. The van der Waals surface area contributed by atoms with Gasteiger partial charge in [0.15, 0.2) is 0 Å². The standard InChI is InChI=1S/C12H20N4/c1-3-7-16-10-11(2)14-12(16)15-8-4-5-13-6-9-15/h3,10,13H,1,4-9H2,2H3. The normalized spacial score (nSPS) is 17.2. The first-order valence-corrected chi connectivity index (χ1v) is 5.91. The average molecular weight is 220 g/mol. The largest absolute Gasteiger partial charge is 0.341 e. The summed E-state index contributed by atoms with van der Waals surface area (Å²) in [6, 6.07) is 0. The Balaban J connectivity index is 2.19. The van der Waals surface area contributed by atoms with E-state index >= 15 is 0 Å². The first kappa shape index (κ1) is 11.2. The van der Waals surface area contributed by atoms with Crippen molar-refractivity contribution in [2.24, 2.45) is 0 Å². The number of nitrogens with one attached hydrogen (secondary N) is 1. The second kappa shape index (κ2) is 5.16. The molecule has 2 rings (SSSR count). The number of anilines is 1. The van der Waals surface area contributed by atoms with Crippen LogP contribution < -0.4 is 10.2 Å². The lowest BCUT2D eigenvalue weighted by Crippen LogP contribution is -2.30. The fraction of sp³-hybridized carbons (Fsp3) is 0.583. The van der Waals surface area contributed by atoms with E-state index in [0.29, 0.717) is 0 Å². The molecular weight excluding hydrogens is 200 g/mol. The van der Waals surface area contributed by atoms with Gasteiger partial charge in [0.25, 0.3) is 0 Å². The number of imidazole rings is 1. The fourth-order valence-electron chi connectivity index (χ4n) is 2.11. The quantitative estimate of drug-likeness (QED) is 0.776. The topological polar surface area (TPSA) is 33.1 Å². The van der Waals surface area contributed by atoms with Gasteiger partial charge in [-0.1, -0.05) is 6.08 Å². The van der Waals surface area contributed by atoms with E-state index in [1.807, 2.05) is 13.0 Å². The number of allylic oxidation sites excluding steroid dienone is 1. The summed E-state index contributed by atoms with van der Waals surface area (Å²) in [5.74, 6) is 1.08. The lowest BCUT2D eigenvalue weighted by Gasteiger charge is -2.21. The van der Waals surface area contributed by atoms with Crippen LogP contribution in [0.15, 0.2) is 18.9 Å². The zero-order chi connectivity index (χ0) is 11.4. The lowest BCUT2D eigenvalue weighted by molar-refractivity contribution is 0.720. The van der Waals surface area contributed by atoms with Gasteiger partial charge in [0.05, 0.1) is 5.69 Å². The third-order valence-corrected chi connectivity index (χ3v) is 2.82. The van der Waals surface area contributed by atoms with Crippen molar-refractivity contribution >= 4 is 5.95 Å². The molecule has 1 aromatic heterocycles. The van der Waals surface area contributed by atoms with Crippen LogP contribution in [0, 0.1) is 6.92 Å². The summed E-state index contributed by atoms with van der Waals surface area (Å²) in [5.41, 5.74) is 1.08. The van der Waals surface area contributed by atoms with Crippen LogP contribution in [-0.4, -0.2) is 35.7 Å². The predicted octanol–water partition coefficient (Wildman–Crippen LogP) is 1.18. The van der Waals surface area contributed by atoms with Crippen molar-refractivity contribution in [1.82, 2.24) is 14.9 Å². The fourth-order valence-corrected chi connectivity index (χ4v) is 2.11. The number of hydrogen-bond acceptors (Lipinski definition) is 3. The molecule has 0 bridgehead atoms. The van der Waals surface area contributed by atoms with Crippen LogP contribution in [-0.2, 0) is 6.54 Å². The summed E-state index contributed by atoms with van der Waals surface area (Å²) in [6.45, 7) is 10.9. The molecule has 0 atom stereocenters. The van der Waals surface area contributed by atoms with E-state index in [-0.39, 0.29) is 0 Å². The van der Waals surface area contributed by atoms with E-state index in [9.17, 15) is 0 Å². The number of aryl methyl sites for hydroxylation is 1. The molecule has 4 heteroatoms. The van der Waals surface area contributed by atoms with Gasteiger partial charge < -0.3 is 14.8 Å². The van der Waals surface area contributed by atoms with E-state index in [1.54, 1.807) is 0 Å². The van der Waals surface area contributed by atoms with Gasteiger partial charge in [0, 0.05) is 32.4 Å². The predicted molar refractivity (Wildman–Crippen MR) is 66.9 cm³/mol. The molecule has 0 spiro atoms. The van der Waals surface area contributed by atoms with Gasteiger partial charge in [0.2, 0.25) is 5.95 Å². The van der Waals surface area contributed by atoms with E-state index < -0.39 is 0 Å². The van der Waals surface area contributed by atoms with E-state index in [0.717, 1.165) is 44.4 Å². The van der Waals surface area contributed by atoms with Crippen molar-refractivity contribution in [3.05, 3.63) is 24.5 Å². The highest BCUT2D eigenvalue weighted by Gasteiger charge is 2.14. The third-order valence-electron chi connectivity index (χ3n) is 2.82. The van der Waals surface area contributed by atoms with Crippen molar-refractivity contribution in [3.63, 3.8) is 0 Å². The summed E-state index contributed by atoms with van der Waals surface area (Å²) >= 11 is 0. The minimum Gasteiger partial charge on any atom is -0.341 e. The zero-order valence-corrected chi connectivity index (χ0v) is 9.95. The maximum absolute atomic E-state index is 4.61. The van der Waals surface area contributed by atoms with Crippen molar-refractivity contribution in [2.45, 2.75) is 19.9 Å². The molecule has 1 aromatic rings. The van der Waals surface area contributed by atoms with Gasteiger partial charge in [-0.25, -0.2) is 4.98 Å². The van der Waals surface area contributed by atoms with Gasteiger partial charge >= 0.3 is 0 Å². The van der Waals surface area contributed by atoms with Crippen LogP contribution in [0.1, 0.15) is 12.1 Å². The summed E-state index contributed by atoms with van der Waals surface area (Å²) in [6.07, 6.45) is 5.19. The van der Waals surface area contributed by atoms with Crippen LogP contribution in [0.4, 0.5) is 5.95 Å². The van der Waals surface area contributed by atoms with Crippen molar-refractivity contribution in [2.75, 3.05) is 31.1 Å². The Labute approximate surface area is 97.0 Å². The molecule has 0 aromatic carbocycles. The van der Waals surface area contributed by atoms with Crippen molar-refractivity contribution in [3.8, 4) is 0 Å². The van der Waals surface area contributed by atoms with Crippen LogP contribution in [0.3, 0.4) is 0 Å². The number of nitrogens with zero attached hydrogens (tertiary/aromatic N) is 3. The molecule has 0 amide bonds. The van der Waals surface area contributed by atoms with Gasteiger partial charge in [-0.2, -0.15) is 0 Å². The molecule has 1 aliphatic heterocycles. The molecule has 0 saturated carbocycles. The highest BCUT2D eigenvalue weighted by Crippen LogP contribution is 2.15. The van der Waals surface area contributed by atoms with Crippen LogP contribution >= 0.6 is 0 Å². The summed E-state index contributed by atoms with van der Waals surface area (Å²) < 4.78 is 2.17. The van der Waals surface area contributed by atoms with E-state index in [1.165, 1.54) is 6.42 Å². The van der Waals surface area contributed by atoms with Crippen molar-refractivity contribution < 1.29 is 0 Å². The molecule has 0 unspecified atom stereocenters. The van der Waals surface area contributed by atoms with Crippen LogP contribution in [0.5, 0.6) is 0 Å². The SMILES string of the molecule is C=CCn1cc(C)nc1N1CCCNCC1. The molecule has 1 fully saturated rings. The second-order valence-corrected chi connectivity index (χ2v) is 4.21. The summed E-state index contributed by atoms with van der Waals surface area (Å²) in [4.78, 5) is 6.97. The highest BCUT2D eigenvalue weighted by atomic mass is 15.3. The van der Waals surface area contributed by atoms with Gasteiger partial charge in [0.1, 0.15) is 0 Å². The smallest absolute Gasteiger partial charge is 0.206 e. The number of hydrogen-bond donors (Lipinski definition) is 1. The Morgan fingerprint density at radius 2 is 2.38 bits per heavy atom. The Kier molecular flexibility index (Phi) is 3.62. The van der Waals surface area contributed by atoms with E-state index in [4.69, 9.17) is 0 Å². The van der Waals surface area contributed by atoms with E-state index in [2.05, 4.69) is 32.5 Å². The third kappa shape index (κ3) is 2.44. The molecule has 16 heavy (non-hydrogen) atoms. The maximum atomic E-state index is 4.61. The number of rotatable bonds is 3. The molecule has 88 valence electrons. The first-order valence-electron chi connectivity index (χ1n) is 5.91. The number of aromatic nitrogens is 2. The maximum Gasteiger partial charge on any atom is 0.206 e. The monoisotopic (exact) mass is 220 g/mol. The lowest BCUT2D eigenvalue weighted by atomic mass is 10.4. The first-order chi connectivity index (χ1) is 7.81. The molecule has 4 nitrogen and oxygen atoms in total. The van der Waals surface area contributed by atoms with Gasteiger partial charge in [-0.3, -0.25) is 0 Å². The molecule has 0 radical (unpaired) electrons. The molecular formula is C12H20N4. The molecule has 2 heterocycles. The van der Waals surface area contributed by atoms with Gasteiger partial charge in [-0.15, -0.1) is 6.58 Å². The van der Waals surface area contributed by atoms with Crippen LogP contribution in [0.25, 0.3) is 0 Å². The van der Waals surface area contributed by atoms with Crippen molar-refractivity contribution in [1.29, 1.82) is 0 Å². The molecule has 1 aliphatic rings. The van der Waals surface area contributed by atoms with Gasteiger partial charge in [-0.05, 0) is 19.9 Å². The highest BCUT2D eigenvalue weighted by molar-refractivity contribution is 5.34. The Hall–Kier alpha value is -1.29. The van der Waals surface area contributed by atoms with Crippen LogP contribution in [0.2, 0.25) is 0 Å². The Morgan fingerprint density at radius 1 is 1.50 bits per heavy atom. The summed E-state index contributed by atoms with van der Waals surface area (Å²) in [5, 5.41) is 3.41. The average Bonchev–Trinajstić information content (AvgIpc) is 2.52. The zero-order valence-electron chi connectivity index (χ0n) is 9.95. The Morgan fingerprint density at radius 3 is 3.19 bits per heavy atom. The molecule has 1 saturated heterocycles. The Bertz CT molecular complexity index is 348. The minimum absolute atomic E-state index is 0.833. The summed E-state index contributed by atoms with van der Waals surface area (Å²) in [7, 11) is 0.